The smallest absolute Gasteiger partial charge is 0.416 e. The number of carbonyl (C=O) groups is 1. The van der Waals surface area contributed by atoms with Crippen LogP contribution in [0.3, 0.4) is 0 Å². The van der Waals surface area contributed by atoms with Crippen molar-refractivity contribution in [2.45, 2.75) is 70.4 Å². The summed E-state index contributed by atoms with van der Waals surface area (Å²) in [6.07, 6.45) is 4.32. The van der Waals surface area contributed by atoms with Crippen LogP contribution >= 0.6 is 0 Å². The molecule has 356 valence electrons. The maximum absolute atomic E-state index is 14.0. The average Bonchev–Trinajstić information content (AvgIpc) is 3.75. The van der Waals surface area contributed by atoms with Gasteiger partial charge in [-0.3, -0.25) is 19.8 Å². The lowest BCUT2D eigenvalue weighted by atomic mass is 9.72. The van der Waals surface area contributed by atoms with Crippen LogP contribution in [-0.2, 0) is 16.2 Å². The van der Waals surface area contributed by atoms with E-state index in [1.54, 1.807) is 37.4 Å². The van der Waals surface area contributed by atoms with Gasteiger partial charge in [0.05, 0.1) is 27.1 Å². The number of piperidine rings is 1. The van der Waals surface area contributed by atoms with Crippen molar-refractivity contribution in [1.29, 1.82) is 0 Å². The third kappa shape index (κ3) is 11.2. The minimum Gasteiger partial charge on any atom is -0.455 e. The van der Waals surface area contributed by atoms with Crippen LogP contribution in [0, 0.1) is 28.4 Å². The Morgan fingerprint density at radius 1 is 1.00 bits per heavy atom. The minimum atomic E-state index is -4.60. The summed E-state index contributed by atoms with van der Waals surface area (Å²) in [5.74, 6) is -0.116. The van der Waals surface area contributed by atoms with Crippen LogP contribution in [-0.4, -0.2) is 98.4 Å². The molecule has 3 aliphatic rings. The number of halogens is 3. The molecule has 0 bridgehead atoms. The summed E-state index contributed by atoms with van der Waals surface area (Å²) in [5.41, 5.74) is 4.25. The lowest BCUT2D eigenvalue weighted by molar-refractivity contribution is -0.384. The highest BCUT2D eigenvalue weighted by atomic mass is 32.2. The van der Waals surface area contributed by atoms with Gasteiger partial charge >= 0.3 is 6.18 Å². The van der Waals surface area contributed by atoms with Crippen molar-refractivity contribution < 1.29 is 36.0 Å². The molecule has 14 nitrogen and oxygen atoms in total. The number of pyridine rings is 1. The van der Waals surface area contributed by atoms with E-state index in [1.807, 2.05) is 6.07 Å². The molecule has 0 saturated carbocycles. The zero-order valence-electron chi connectivity index (χ0n) is 38.2. The summed E-state index contributed by atoms with van der Waals surface area (Å²) < 4.78 is 76.5. The van der Waals surface area contributed by atoms with Gasteiger partial charge in [-0.25, -0.2) is 18.1 Å². The first kappa shape index (κ1) is 47.5. The van der Waals surface area contributed by atoms with E-state index in [2.05, 4.69) is 55.6 Å². The van der Waals surface area contributed by atoms with Crippen LogP contribution in [0.25, 0.3) is 16.6 Å². The van der Waals surface area contributed by atoms with Gasteiger partial charge in [0.2, 0.25) is 0 Å². The molecule has 2 aromatic heterocycles. The molecule has 18 heteroatoms. The first-order valence-electron chi connectivity index (χ1n) is 22.7. The monoisotopic (exact) mass is 942 g/mol. The summed E-state index contributed by atoms with van der Waals surface area (Å²) in [6, 6.07) is 16.1. The Kier molecular flexibility index (Phi) is 13.7. The number of aryl methyl sites for hydroxylation is 1. The van der Waals surface area contributed by atoms with Crippen molar-refractivity contribution in [1.82, 2.24) is 24.5 Å². The van der Waals surface area contributed by atoms with Crippen molar-refractivity contribution in [3.8, 4) is 11.5 Å². The van der Waals surface area contributed by atoms with Crippen LogP contribution in [0.4, 0.5) is 30.2 Å². The maximum Gasteiger partial charge on any atom is 0.416 e. The van der Waals surface area contributed by atoms with E-state index >= 15 is 0 Å². The number of nitro groups is 1. The Bertz CT molecular complexity index is 2790. The van der Waals surface area contributed by atoms with Gasteiger partial charge < -0.3 is 24.8 Å². The highest BCUT2D eigenvalue weighted by Gasteiger charge is 2.34. The van der Waals surface area contributed by atoms with Gasteiger partial charge in [-0.1, -0.05) is 25.5 Å². The third-order valence-corrected chi connectivity index (χ3v) is 14.8. The van der Waals surface area contributed by atoms with Gasteiger partial charge in [-0.2, -0.15) is 13.2 Å². The topological polar surface area (TPSA) is 166 Å². The number of sulfonamides is 1. The van der Waals surface area contributed by atoms with E-state index in [4.69, 9.17) is 4.74 Å². The normalized spacial score (nSPS) is 17.7. The first-order chi connectivity index (χ1) is 31.8. The van der Waals surface area contributed by atoms with Gasteiger partial charge in [0, 0.05) is 68.7 Å². The van der Waals surface area contributed by atoms with Gasteiger partial charge in [-0.15, -0.1) is 0 Å². The van der Waals surface area contributed by atoms with Gasteiger partial charge in [-0.05, 0) is 142 Å². The molecule has 0 unspecified atom stereocenters. The number of amides is 1. The number of allylic oxidation sites excluding steroid dienone is 1. The van der Waals surface area contributed by atoms with E-state index in [0.29, 0.717) is 62.1 Å². The zero-order chi connectivity index (χ0) is 47.7. The Balaban J connectivity index is 0.990. The van der Waals surface area contributed by atoms with Gasteiger partial charge in [0.25, 0.3) is 21.6 Å². The number of nitro benzene ring substituents is 1. The Labute approximate surface area is 388 Å². The number of nitrogens with zero attached hydrogens (tertiary/aromatic N) is 5. The Morgan fingerprint density at radius 2 is 1.76 bits per heavy atom. The lowest BCUT2D eigenvalue weighted by Crippen LogP contribution is -2.47. The van der Waals surface area contributed by atoms with Crippen LogP contribution < -0.4 is 19.7 Å². The summed E-state index contributed by atoms with van der Waals surface area (Å²) in [5, 5.41) is 16.0. The zero-order valence-corrected chi connectivity index (χ0v) is 39.0. The quantitative estimate of drug-likeness (QED) is 0.0717. The summed E-state index contributed by atoms with van der Waals surface area (Å²) in [6.45, 7) is 11.9. The van der Waals surface area contributed by atoms with E-state index in [0.717, 1.165) is 79.9 Å². The van der Waals surface area contributed by atoms with Crippen molar-refractivity contribution in [3.05, 3.63) is 117 Å². The second kappa shape index (κ2) is 19.3. The maximum atomic E-state index is 14.0. The SMILES string of the molecule is Cc1cc(C(F)(F)F)ccc1C1=C(CN2CCN(c3ccc(C(=O)NS(=O)(=O)c4ccc(NCCC5CCN(C)CC5)c([N+](=O)[O-])c4)c(Oc4cnc5[nH]ccc5c4)c3)CC2)CCC(C)(C)C1. The molecule has 67 heavy (non-hydrogen) atoms. The van der Waals surface area contributed by atoms with Gasteiger partial charge in [0.1, 0.15) is 22.8 Å². The number of piperazine rings is 1. The molecule has 3 N–H and O–H groups in total. The highest BCUT2D eigenvalue weighted by molar-refractivity contribution is 7.90. The fourth-order valence-electron chi connectivity index (χ4n) is 9.46. The number of benzene rings is 3. The summed E-state index contributed by atoms with van der Waals surface area (Å²) in [4.78, 5) is 39.2. The number of rotatable bonds is 14. The van der Waals surface area contributed by atoms with Crippen LogP contribution in [0.5, 0.6) is 11.5 Å². The lowest BCUT2D eigenvalue weighted by Gasteiger charge is -2.39. The van der Waals surface area contributed by atoms with Crippen LogP contribution in [0.1, 0.15) is 79.4 Å². The summed E-state index contributed by atoms with van der Waals surface area (Å²) >= 11 is 0. The molecule has 2 aliphatic heterocycles. The fraction of sp³-hybridized carbons (Fsp3) is 0.429. The molecule has 5 aromatic rings. The van der Waals surface area contributed by atoms with E-state index < -0.39 is 43.2 Å². The number of aromatic amines is 1. The van der Waals surface area contributed by atoms with Gasteiger partial charge in [0.15, 0.2) is 0 Å². The number of carbonyl (C=O) groups excluding carboxylic acids is 1. The number of H-pyrrole nitrogens is 1. The van der Waals surface area contributed by atoms with Crippen molar-refractivity contribution >= 4 is 49.6 Å². The predicted molar refractivity (Wildman–Crippen MR) is 253 cm³/mol. The van der Waals surface area contributed by atoms with Crippen LogP contribution in [0.2, 0.25) is 0 Å². The number of aromatic nitrogens is 2. The average molecular weight is 943 g/mol. The second-order valence-electron chi connectivity index (χ2n) is 18.9. The van der Waals surface area contributed by atoms with Crippen LogP contribution in [0.15, 0.2) is 89.6 Å². The number of hydrogen-bond donors (Lipinski definition) is 3. The van der Waals surface area contributed by atoms with Crippen molar-refractivity contribution in [2.24, 2.45) is 11.3 Å². The van der Waals surface area contributed by atoms with E-state index in [9.17, 15) is 36.5 Å². The minimum absolute atomic E-state index is 0.0126. The third-order valence-electron chi connectivity index (χ3n) is 13.4. The highest BCUT2D eigenvalue weighted by Crippen LogP contribution is 2.45. The molecule has 0 spiro atoms. The molecule has 8 rings (SSSR count). The second-order valence-corrected chi connectivity index (χ2v) is 20.6. The molecular weight excluding hydrogens is 886 g/mol. The molecule has 1 amide bonds. The number of hydrogen-bond acceptors (Lipinski definition) is 11. The number of alkyl halides is 3. The number of nitrogens with one attached hydrogen (secondary N) is 3. The molecule has 0 atom stereocenters. The fourth-order valence-corrected chi connectivity index (χ4v) is 10.4. The number of anilines is 2. The number of ether oxygens (including phenoxy) is 1. The molecule has 1 aliphatic carbocycles. The Hall–Kier alpha value is -5.98. The molecule has 4 heterocycles. The van der Waals surface area contributed by atoms with Crippen molar-refractivity contribution in [2.75, 3.05) is 69.6 Å². The molecule has 2 fully saturated rings. The first-order valence-corrected chi connectivity index (χ1v) is 24.2. The molecule has 0 radical (unpaired) electrons. The predicted octanol–water partition coefficient (Wildman–Crippen LogP) is 9.64. The number of likely N-dealkylation sites (tertiary alicyclic amines) is 1. The standard InChI is InChI=1S/C49H57F3N8O6S/c1-32-25-36(49(50,51)52)5-8-40(32)42-29-48(2,3)16-11-35(42)31-58-21-23-59(24-22-58)37-6-9-41(45(27-37)66-38-26-34-13-18-54-46(34)55-30-38)47(61)56-67(64,65)39-7-10-43(44(28-39)60(62)63)53-17-12-33-14-19-57(4)20-15-33/h5-10,13,18,25-28,30,33,53H,11-12,14-17,19-24,29,31H2,1-4H3,(H,54,55)(H,56,61). The molecule has 3 aromatic carbocycles. The van der Waals surface area contributed by atoms with E-state index in [1.165, 1.54) is 42.1 Å². The van der Waals surface area contributed by atoms with E-state index in [-0.39, 0.29) is 22.4 Å². The number of fused-ring (bicyclic) bond motifs is 1. The largest absolute Gasteiger partial charge is 0.455 e. The summed E-state index contributed by atoms with van der Waals surface area (Å²) in [7, 11) is -2.51. The van der Waals surface area contributed by atoms with Crippen molar-refractivity contribution in [3.63, 3.8) is 0 Å². The molecular formula is C49H57F3N8O6S. The molecule has 2 saturated heterocycles. The Morgan fingerprint density at radius 3 is 2.48 bits per heavy atom.